The quantitative estimate of drug-likeness (QED) is 0.828. The van der Waals surface area contributed by atoms with Gasteiger partial charge in [-0.25, -0.2) is 0 Å². The lowest BCUT2D eigenvalue weighted by Gasteiger charge is -2.51. The van der Waals surface area contributed by atoms with Crippen LogP contribution in [0, 0.1) is 11.8 Å². The van der Waals surface area contributed by atoms with Crippen LogP contribution in [0.2, 0.25) is 5.02 Å². The highest BCUT2D eigenvalue weighted by Crippen LogP contribution is 2.48. The van der Waals surface area contributed by atoms with Crippen LogP contribution in [-0.2, 0) is 19.7 Å². The molecule has 5 nitrogen and oxygen atoms in total. The van der Waals surface area contributed by atoms with Gasteiger partial charge in [-0.05, 0) is 36.5 Å². The molecule has 0 saturated carbocycles. The predicted octanol–water partition coefficient (Wildman–Crippen LogP) is 1.97. The molecule has 3 saturated heterocycles. The highest BCUT2D eigenvalue weighted by atomic mass is 35.5. The number of fused-ring (bicyclic) bond motifs is 5. The third-order valence-electron chi connectivity index (χ3n) is 5.81. The van der Waals surface area contributed by atoms with Crippen LogP contribution in [0.1, 0.15) is 25.3 Å². The monoisotopic (exact) mass is 350 g/mol. The van der Waals surface area contributed by atoms with Crippen molar-refractivity contribution in [2.45, 2.75) is 31.2 Å². The van der Waals surface area contributed by atoms with Gasteiger partial charge in [0.15, 0.2) is 0 Å². The number of methoxy groups -OCH3 is 1. The van der Waals surface area contributed by atoms with Crippen molar-refractivity contribution in [3.63, 3.8) is 0 Å². The Labute approximate surface area is 147 Å². The highest BCUT2D eigenvalue weighted by molar-refractivity contribution is 6.30. The van der Waals surface area contributed by atoms with E-state index in [0.29, 0.717) is 18.1 Å². The molecule has 0 aromatic heterocycles. The van der Waals surface area contributed by atoms with Crippen molar-refractivity contribution in [2.75, 3.05) is 20.2 Å². The molecule has 0 aliphatic carbocycles. The Morgan fingerprint density at radius 2 is 1.88 bits per heavy atom. The minimum atomic E-state index is -0.693. The molecule has 3 aliphatic rings. The molecule has 2 unspecified atom stereocenters. The summed E-state index contributed by atoms with van der Waals surface area (Å²) >= 11 is 6.04. The van der Waals surface area contributed by atoms with E-state index in [1.807, 2.05) is 36.1 Å². The molecule has 1 aromatic rings. The number of hydrogen-bond donors (Lipinski definition) is 1. The van der Waals surface area contributed by atoms with Crippen LogP contribution in [0.4, 0.5) is 0 Å². The van der Waals surface area contributed by atoms with E-state index in [9.17, 15) is 9.59 Å². The molecule has 24 heavy (non-hydrogen) atoms. The smallest absolute Gasteiger partial charge is 0.309 e. The molecule has 0 spiro atoms. The Balaban J connectivity index is 2.14. The van der Waals surface area contributed by atoms with E-state index in [-0.39, 0.29) is 23.2 Å². The number of benzene rings is 1. The third kappa shape index (κ3) is 2.60. The Hall–Kier alpha value is -1.59. The van der Waals surface area contributed by atoms with Crippen molar-refractivity contribution in [1.82, 2.24) is 4.90 Å². The topological polar surface area (TPSA) is 72.6 Å². The number of hydrogen-bond acceptors (Lipinski definition) is 4. The number of esters is 1. The summed E-state index contributed by atoms with van der Waals surface area (Å²) in [6.45, 7) is 3.09. The summed E-state index contributed by atoms with van der Waals surface area (Å²) in [5.74, 6) is -1.12. The fourth-order valence-electron chi connectivity index (χ4n) is 4.40. The normalized spacial score (nSPS) is 33.1. The van der Waals surface area contributed by atoms with E-state index < -0.39 is 12.0 Å². The van der Waals surface area contributed by atoms with Crippen LogP contribution in [0.5, 0.6) is 0 Å². The average molecular weight is 351 g/mol. The first kappa shape index (κ1) is 17.2. The number of nitrogens with two attached hydrogens (primary N) is 1. The van der Waals surface area contributed by atoms with Crippen molar-refractivity contribution in [2.24, 2.45) is 17.6 Å². The number of amides is 1. The Bertz CT molecular complexity index is 638. The zero-order valence-corrected chi connectivity index (χ0v) is 14.8. The number of halogens is 1. The molecule has 2 bridgehead atoms. The summed E-state index contributed by atoms with van der Waals surface area (Å²) in [7, 11) is 1.39. The first-order chi connectivity index (χ1) is 11.4. The molecule has 3 aliphatic heterocycles. The van der Waals surface area contributed by atoms with Gasteiger partial charge >= 0.3 is 5.97 Å². The van der Waals surface area contributed by atoms with Gasteiger partial charge in [-0.15, -0.1) is 0 Å². The van der Waals surface area contributed by atoms with Gasteiger partial charge in [0.05, 0.1) is 19.1 Å². The lowest BCUT2D eigenvalue weighted by molar-refractivity contribution is -0.157. The second-order valence-electron chi connectivity index (χ2n) is 6.87. The van der Waals surface area contributed by atoms with Gasteiger partial charge in [0.2, 0.25) is 5.91 Å². The molecular weight excluding hydrogens is 328 g/mol. The second-order valence-corrected chi connectivity index (χ2v) is 7.31. The first-order valence-corrected chi connectivity index (χ1v) is 8.67. The Morgan fingerprint density at radius 1 is 1.29 bits per heavy atom. The number of ether oxygens (including phenoxy) is 1. The van der Waals surface area contributed by atoms with Gasteiger partial charge in [-0.3, -0.25) is 9.59 Å². The van der Waals surface area contributed by atoms with Crippen molar-refractivity contribution in [3.05, 3.63) is 34.9 Å². The van der Waals surface area contributed by atoms with Gasteiger partial charge in [0.25, 0.3) is 0 Å². The lowest BCUT2D eigenvalue weighted by atomic mass is 9.58. The van der Waals surface area contributed by atoms with Gasteiger partial charge < -0.3 is 15.4 Å². The van der Waals surface area contributed by atoms with E-state index >= 15 is 0 Å². The zero-order chi connectivity index (χ0) is 17.5. The number of piperidine rings is 1. The molecule has 1 aromatic carbocycles. The highest BCUT2D eigenvalue weighted by Gasteiger charge is 2.54. The predicted molar refractivity (Wildman–Crippen MR) is 91.6 cm³/mol. The van der Waals surface area contributed by atoms with E-state index in [4.69, 9.17) is 22.1 Å². The van der Waals surface area contributed by atoms with Crippen LogP contribution in [0.3, 0.4) is 0 Å². The summed E-state index contributed by atoms with van der Waals surface area (Å²) in [4.78, 5) is 27.1. The summed E-state index contributed by atoms with van der Waals surface area (Å²) < 4.78 is 5.11. The second kappa shape index (κ2) is 6.37. The zero-order valence-electron chi connectivity index (χ0n) is 14.0. The van der Waals surface area contributed by atoms with E-state index in [2.05, 4.69) is 0 Å². The molecule has 6 heteroatoms. The minimum Gasteiger partial charge on any atom is -0.469 e. The maximum absolute atomic E-state index is 12.7. The van der Waals surface area contributed by atoms with Gasteiger partial charge in [-0.1, -0.05) is 30.7 Å². The van der Waals surface area contributed by atoms with Crippen LogP contribution >= 0.6 is 11.6 Å². The number of carbonyl (C=O) groups excluding carboxylic acids is 2. The molecule has 130 valence electrons. The largest absolute Gasteiger partial charge is 0.469 e. The summed E-state index contributed by atoms with van der Waals surface area (Å²) in [6.07, 6.45) is 1.44. The molecule has 2 N–H and O–H groups in total. The molecular formula is C18H23ClN2O3. The summed E-state index contributed by atoms with van der Waals surface area (Å²) in [5.41, 5.74) is 6.88. The minimum absolute atomic E-state index is 0.0687. The van der Waals surface area contributed by atoms with E-state index in [0.717, 1.165) is 18.4 Å². The Kier molecular flexibility index (Phi) is 4.58. The molecule has 4 rings (SSSR count). The standard InChI is InChI=1S/C18H23ClN2O3/c1-11-14(17(23)24-2)18(12-3-5-13(19)6-4-12)7-9-21(10-8-18)16(22)15(11)20/h3-6,11,14-15H,7-10,20H2,1-2H3/t11?,14?,15-/m1/s1. The first-order valence-electron chi connectivity index (χ1n) is 8.29. The lowest BCUT2D eigenvalue weighted by Crippen LogP contribution is -2.62. The maximum Gasteiger partial charge on any atom is 0.309 e. The van der Waals surface area contributed by atoms with Gasteiger partial charge in [0.1, 0.15) is 0 Å². The maximum atomic E-state index is 12.7. The molecule has 1 amide bonds. The fourth-order valence-corrected chi connectivity index (χ4v) is 4.53. The summed E-state index contributed by atoms with van der Waals surface area (Å²) in [6, 6.07) is 6.97. The van der Waals surface area contributed by atoms with Crippen molar-refractivity contribution in [3.8, 4) is 0 Å². The number of rotatable bonds is 2. The average Bonchev–Trinajstić information content (AvgIpc) is 2.60. The van der Waals surface area contributed by atoms with Gasteiger partial charge in [0, 0.05) is 23.5 Å². The summed E-state index contributed by atoms with van der Waals surface area (Å²) in [5, 5.41) is 0.660. The van der Waals surface area contributed by atoms with E-state index in [1.54, 1.807) is 0 Å². The number of nitrogens with zero attached hydrogens (tertiary/aromatic N) is 1. The molecule has 3 heterocycles. The van der Waals surface area contributed by atoms with Crippen molar-refractivity contribution in [1.29, 1.82) is 0 Å². The SMILES string of the molecule is COC(=O)C1C(C)[C@@H](N)C(=O)N2CCC1(c1ccc(Cl)cc1)CC2. The number of carbonyl (C=O) groups is 2. The molecule has 0 radical (unpaired) electrons. The van der Waals surface area contributed by atoms with Gasteiger partial charge in [-0.2, -0.15) is 0 Å². The Morgan fingerprint density at radius 3 is 2.42 bits per heavy atom. The van der Waals surface area contributed by atoms with Crippen LogP contribution < -0.4 is 5.73 Å². The fraction of sp³-hybridized carbons (Fsp3) is 0.556. The third-order valence-corrected chi connectivity index (χ3v) is 6.07. The van der Waals surface area contributed by atoms with Crippen LogP contribution in [-0.4, -0.2) is 43.0 Å². The van der Waals surface area contributed by atoms with Crippen molar-refractivity contribution >= 4 is 23.5 Å². The van der Waals surface area contributed by atoms with Crippen LogP contribution in [0.25, 0.3) is 0 Å². The van der Waals surface area contributed by atoms with Crippen LogP contribution in [0.15, 0.2) is 24.3 Å². The van der Waals surface area contributed by atoms with Crippen molar-refractivity contribution < 1.29 is 14.3 Å². The van der Waals surface area contributed by atoms with E-state index in [1.165, 1.54) is 7.11 Å². The molecule has 3 atom stereocenters. The molecule has 3 fully saturated rings.